The SMILES string of the molecule is C=C([B]C1CCCC1C)C(C)C. The van der Waals surface area contributed by atoms with Gasteiger partial charge in [0.1, 0.15) is 7.28 Å². The predicted molar refractivity (Wildman–Crippen MR) is 56.5 cm³/mol. The number of allylic oxidation sites excluding steroid dienone is 1. The van der Waals surface area contributed by atoms with E-state index in [0.717, 1.165) is 11.7 Å². The molecular weight excluding hydrogens is 143 g/mol. The van der Waals surface area contributed by atoms with Gasteiger partial charge in [-0.25, -0.2) is 0 Å². The van der Waals surface area contributed by atoms with E-state index in [-0.39, 0.29) is 0 Å². The van der Waals surface area contributed by atoms with Gasteiger partial charge in [-0.05, 0) is 11.8 Å². The molecular formula is C11H20B. The van der Waals surface area contributed by atoms with Gasteiger partial charge in [-0.1, -0.05) is 45.9 Å². The molecule has 2 atom stereocenters. The highest BCUT2D eigenvalue weighted by molar-refractivity contribution is 6.47. The molecule has 0 bridgehead atoms. The molecule has 0 aromatic carbocycles. The van der Waals surface area contributed by atoms with Gasteiger partial charge < -0.3 is 0 Å². The average Bonchev–Trinajstić information content (AvgIpc) is 2.36. The molecule has 67 valence electrons. The van der Waals surface area contributed by atoms with E-state index in [2.05, 4.69) is 34.6 Å². The van der Waals surface area contributed by atoms with Crippen molar-refractivity contribution in [3.8, 4) is 0 Å². The first-order valence-electron chi connectivity index (χ1n) is 5.15. The maximum Gasteiger partial charge on any atom is 0.149 e. The Morgan fingerprint density at radius 3 is 2.50 bits per heavy atom. The first kappa shape index (κ1) is 9.89. The summed E-state index contributed by atoms with van der Waals surface area (Å²) in [5.74, 6) is 2.33. The minimum Gasteiger partial charge on any atom is -0.113 e. The van der Waals surface area contributed by atoms with Crippen molar-refractivity contribution in [2.75, 3.05) is 0 Å². The molecule has 1 aliphatic carbocycles. The maximum absolute atomic E-state index is 4.10. The molecule has 0 heterocycles. The Hall–Kier alpha value is -0.195. The van der Waals surface area contributed by atoms with E-state index in [1.54, 1.807) is 0 Å². The molecule has 0 nitrogen and oxygen atoms in total. The van der Waals surface area contributed by atoms with E-state index in [1.165, 1.54) is 24.7 Å². The Morgan fingerprint density at radius 1 is 1.42 bits per heavy atom. The Morgan fingerprint density at radius 2 is 2.08 bits per heavy atom. The molecule has 2 unspecified atom stereocenters. The molecule has 1 radical (unpaired) electrons. The van der Waals surface area contributed by atoms with E-state index < -0.39 is 0 Å². The summed E-state index contributed by atoms with van der Waals surface area (Å²) in [6.07, 6.45) is 4.20. The van der Waals surface area contributed by atoms with Crippen molar-refractivity contribution in [3.63, 3.8) is 0 Å². The summed E-state index contributed by atoms with van der Waals surface area (Å²) in [6.45, 7) is 10.9. The molecule has 12 heavy (non-hydrogen) atoms. The molecule has 0 aromatic rings. The molecule has 0 aromatic heterocycles. The minimum absolute atomic E-state index is 0.623. The van der Waals surface area contributed by atoms with E-state index >= 15 is 0 Å². The topological polar surface area (TPSA) is 0 Å². The largest absolute Gasteiger partial charge is 0.149 e. The van der Waals surface area contributed by atoms with E-state index in [4.69, 9.17) is 0 Å². The number of rotatable bonds is 3. The van der Waals surface area contributed by atoms with Gasteiger partial charge in [0.05, 0.1) is 0 Å². The van der Waals surface area contributed by atoms with Crippen molar-refractivity contribution in [2.24, 2.45) is 11.8 Å². The molecule has 1 saturated carbocycles. The number of hydrogen-bond acceptors (Lipinski definition) is 0. The lowest BCUT2D eigenvalue weighted by molar-refractivity contribution is 0.605. The standard InChI is InChI=1S/C11H20B/c1-8(2)10(4)12-11-7-5-6-9(11)3/h8-9,11H,4-7H2,1-3H3. The van der Waals surface area contributed by atoms with Crippen LogP contribution in [-0.2, 0) is 0 Å². The number of hydrogen-bond donors (Lipinski definition) is 0. The summed E-state index contributed by atoms with van der Waals surface area (Å²) in [6, 6.07) is 0. The van der Waals surface area contributed by atoms with E-state index in [9.17, 15) is 0 Å². The monoisotopic (exact) mass is 163 g/mol. The average molecular weight is 163 g/mol. The molecule has 0 saturated heterocycles. The van der Waals surface area contributed by atoms with Crippen molar-refractivity contribution in [1.29, 1.82) is 0 Å². The zero-order chi connectivity index (χ0) is 9.14. The van der Waals surface area contributed by atoms with Crippen LogP contribution in [0.15, 0.2) is 12.1 Å². The van der Waals surface area contributed by atoms with Gasteiger partial charge in [0.15, 0.2) is 0 Å². The van der Waals surface area contributed by atoms with Crippen molar-refractivity contribution in [3.05, 3.63) is 12.1 Å². The summed E-state index contributed by atoms with van der Waals surface area (Å²) in [4.78, 5) is 0. The van der Waals surface area contributed by atoms with Crippen LogP contribution in [0.5, 0.6) is 0 Å². The molecule has 0 N–H and O–H groups in total. The van der Waals surface area contributed by atoms with Crippen molar-refractivity contribution >= 4 is 7.28 Å². The molecule has 1 rings (SSSR count). The normalized spacial score (nSPS) is 29.3. The second-order valence-electron chi connectivity index (χ2n) is 4.47. The molecule has 1 fully saturated rings. The predicted octanol–water partition coefficient (Wildman–Crippen LogP) is 3.47. The van der Waals surface area contributed by atoms with Crippen LogP contribution in [0.25, 0.3) is 0 Å². The summed E-state index contributed by atoms with van der Waals surface area (Å²) in [5, 5.41) is 0. The van der Waals surface area contributed by atoms with Crippen molar-refractivity contribution in [1.82, 2.24) is 0 Å². The van der Waals surface area contributed by atoms with Crippen LogP contribution >= 0.6 is 0 Å². The van der Waals surface area contributed by atoms with E-state index in [1.807, 2.05) is 0 Å². The van der Waals surface area contributed by atoms with Gasteiger partial charge in [0.25, 0.3) is 0 Å². The van der Waals surface area contributed by atoms with Gasteiger partial charge in [-0.3, -0.25) is 0 Å². The summed E-state index contributed by atoms with van der Waals surface area (Å²) < 4.78 is 0. The molecule has 1 heteroatoms. The fourth-order valence-electron chi connectivity index (χ4n) is 1.89. The Bertz CT molecular complexity index is 160. The van der Waals surface area contributed by atoms with Gasteiger partial charge in [-0.2, -0.15) is 0 Å². The molecule has 0 amide bonds. The van der Waals surface area contributed by atoms with Gasteiger partial charge in [0.2, 0.25) is 0 Å². The second kappa shape index (κ2) is 4.16. The molecule has 1 aliphatic rings. The fourth-order valence-corrected chi connectivity index (χ4v) is 1.89. The zero-order valence-electron chi connectivity index (χ0n) is 8.64. The highest BCUT2D eigenvalue weighted by Crippen LogP contribution is 2.36. The smallest absolute Gasteiger partial charge is 0.113 e. The second-order valence-corrected chi connectivity index (χ2v) is 4.47. The Balaban J connectivity index is 2.35. The summed E-state index contributed by atoms with van der Waals surface area (Å²) in [7, 11) is 2.41. The lowest BCUT2D eigenvalue weighted by Gasteiger charge is -2.17. The lowest BCUT2D eigenvalue weighted by Crippen LogP contribution is -2.12. The third kappa shape index (κ3) is 2.40. The van der Waals surface area contributed by atoms with Crippen molar-refractivity contribution < 1.29 is 0 Å². The van der Waals surface area contributed by atoms with Gasteiger partial charge in [-0.15, -0.1) is 12.1 Å². The van der Waals surface area contributed by atoms with Crippen LogP contribution in [0.1, 0.15) is 40.0 Å². The van der Waals surface area contributed by atoms with Gasteiger partial charge >= 0.3 is 0 Å². The third-order valence-electron chi connectivity index (χ3n) is 3.10. The maximum atomic E-state index is 4.10. The quantitative estimate of drug-likeness (QED) is 0.559. The zero-order valence-corrected chi connectivity index (χ0v) is 8.64. The Labute approximate surface area is 77.7 Å². The van der Waals surface area contributed by atoms with Gasteiger partial charge in [0, 0.05) is 0 Å². The highest BCUT2D eigenvalue weighted by Gasteiger charge is 2.24. The first-order valence-corrected chi connectivity index (χ1v) is 5.15. The summed E-state index contributed by atoms with van der Waals surface area (Å²) >= 11 is 0. The van der Waals surface area contributed by atoms with Crippen molar-refractivity contribution in [2.45, 2.75) is 45.9 Å². The van der Waals surface area contributed by atoms with Crippen LogP contribution in [0, 0.1) is 11.8 Å². The Kier molecular flexibility index (Phi) is 3.43. The van der Waals surface area contributed by atoms with Crippen LogP contribution in [0.3, 0.4) is 0 Å². The minimum atomic E-state index is 0.623. The molecule has 0 spiro atoms. The van der Waals surface area contributed by atoms with Crippen LogP contribution in [0.2, 0.25) is 5.82 Å². The lowest BCUT2D eigenvalue weighted by atomic mass is 9.53. The first-order chi connectivity index (χ1) is 5.61. The summed E-state index contributed by atoms with van der Waals surface area (Å²) in [5.41, 5.74) is 1.33. The highest BCUT2D eigenvalue weighted by atomic mass is 14.2. The van der Waals surface area contributed by atoms with Crippen LogP contribution in [0.4, 0.5) is 0 Å². The van der Waals surface area contributed by atoms with E-state index in [0.29, 0.717) is 5.92 Å². The van der Waals surface area contributed by atoms with Crippen LogP contribution < -0.4 is 0 Å². The molecule has 0 aliphatic heterocycles. The fraction of sp³-hybridized carbons (Fsp3) is 0.818. The third-order valence-corrected chi connectivity index (χ3v) is 3.10. The van der Waals surface area contributed by atoms with Crippen LogP contribution in [-0.4, -0.2) is 7.28 Å².